The number of carbonyl (C=O) groups excluding carboxylic acids is 3. The number of hydroxylamine groups is 1. The molecule has 0 spiro atoms. The van der Waals surface area contributed by atoms with Crippen molar-refractivity contribution in [2.75, 3.05) is 11.9 Å². The number of hydrogen-bond acceptors (Lipinski definition) is 8. The summed E-state index contributed by atoms with van der Waals surface area (Å²) in [7, 11) is 0. The van der Waals surface area contributed by atoms with Gasteiger partial charge in [-0.2, -0.15) is 5.48 Å². The topological polar surface area (TPSA) is 122 Å². The Morgan fingerprint density at radius 3 is 2.76 bits per heavy atom. The van der Waals surface area contributed by atoms with Crippen LogP contribution in [0.3, 0.4) is 0 Å². The first kappa shape index (κ1) is 34.0. The van der Waals surface area contributed by atoms with Crippen LogP contribution in [-0.4, -0.2) is 57.9 Å². The van der Waals surface area contributed by atoms with Gasteiger partial charge in [-0.3, -0.25) is 14.4 Å². The molecule has 1 aliphatic carbocycles. The Labute approximate surface area is 301 Å². The van der Waals surface area contributed by atoms with E-state index in [4.69, 9.17) is 9.57 Å². The fraction of sp³-hybridized carbons (Fsp3) is 0.351. The average molecular weight is 763 g/mol. The van der Waals surface area contributed by atoms with E-state index >= 15 is 0 Å². The molecular weight excluding hydrogens is 725 g/mol. The SMILES string of the molecule is O=C1N[C@]2(C(=O)NOc3ccccc3)C[C@H]2C=CCCCCC[C@H](Nc2cccc(F)c2)C(=O)N2C[C@H](Oc3nc4ccc(Br)cc4s3)C[C@@H]12. The van der Waals surface area contributed by atoms with Crippen LogP contribution < -0.4 is 25.7 Å². The van der Waals surface area contributed by atoms with Crippen LogP contribution in [0.2, 0.25) is 0 Å². The number of ether oxygens (including phenoxy) is 1. The summed E-state index contributed by atoms with van der Waals surface area (Å²) in [6.07, 6.45) is 7.92. The fourth-order valence-electron chi connectivity index (χ4n) is 6.70. The molecule has 1 saturated heterocycles. The molecule has 3 aliphatic rings. The third-order valence-corrected chi connectivity index (χ3v) is 10.8. The Morgan fingerprint density at radius 1 is 1.06 bits per heavy atom. The highest BCUT2D eigenvalue weighted by Gasteiger charge is 2.61. The molecule has 5 atom stereocenters. The zero-order valence-corrected chi connectivity index (χ0v) is 29.6. The number of nitrogens with zero attached hydrogens (tertiary/aromatic N) is 2. The van der Waals surface area contributed by atoms with E-state index in [1.54, 1.807) is 41.3 Å². The van der Waals surface area contributed by atoms with Gasteiger partial charge < -0.3 is 25.1 Å². The standard InChI is InChI=1S/C37H37BrFN5O5S/c38-24-16-17-29-32(18-24)50-36(41-29)48-28-20-31-33(45)42-37(35(47)43-49-27-13-6-4-7-14-27)21-23(37)10-5-2-1-3-8-15-30(34(46)44(31)22-28)40-26-12-9-11-25(39)19-26/h4-7,9-14,16-19,23,28,30-31,40H,1-3,8,15,20-22H2,(H,42,45)(H,43,47)/t23-,28-,30+,31+,37-/m1/s1. The first-order chi connectivity index (χ1) is 24.3. The number of nitrogens with one attached hydrogen (secondary N) is 3. The summed E-state index contributed by atoms with van der Waals surface area (Å²) in [5.74, 6) is -1.41. The first-order valence-corrected chi connectivity index (χ1v) is 18.4. The molecule has 260 valence electrons. The highest BCUT2D eigenvalue weighted by molar-refractivity contribution is 9.10. The Balaban J connectivity index is 1.16. The van der Waals surface area contributed by atoms with Gasteiger partial charge in [0.1, 0.15) is 29.5 Å². The number of amides is 3. The summed E-state index contributed by atoms with van der Waals surface area (Å²) in [4.78, 5) is 54.2. The molecule has 0 radical (unpaired) electrons. The van der Waals surface area contributed by atoms with Gasteiger partial charge >= 0.3 is 0 Å². The van der Waals surface area contributed by atoms with Gasteiger partial charge in [0.2, 0.25) is 11.8 Å². The third kappa shape index (κ3) is 7.63. The van der Waals surface area contributed by atoms with Crippen molar-refractivity contribution in [1.82, 2.24) is 20.7 Å². The van der Waals surface area contributed by atoms with Crippen molar-refractivity contribution >= 4 is 60.9 Å². The number of anilines is 1. The van der Waals surface area contributed by atoms with Crippen molar-refractivity contribution in [2.24, 2.45) is 5.92 Å². The van der Waals surface area contributed by atoms with Gasteiger partial charge in [0.15, 0.2) is 5.75 Å². The van der Waals surface area contributed by atoms with E-state index in [9.17, 15) is 18.8 Å². The monoisotopic (exact) mass is 761 g/mol. The highest BCUT2D eigenvalue weighted by atomic mass is 79.9. The summed E-state index contributed by atoms with van der Waals surface area (Å²) in [6, 6.07) is 19.0. The van der Waals surface area contributed by atoms with E-state index in [0.29, 0.717) is 29.5 Å². The zero-order valence-electron chi connectivity index (χ0n) is 27.1. The minimum absolute atomic E-state index is 0.136. The Hall–Kier alpha value is -4.49. The summed E-state index contributed by atoms with van der Waals surface area (Å²) < 4.78 is 22.4. The molecule has 4 aromatic rings. The van der Waals surface area contributed by atoms with Crippen LogP contribution in [0.4, 0.5) is 10.1 Å². The number of allylic oxidation sites excluding steroid dienone is 1. The van der Waals surface area contributed by atoms with E-state index in [1.807, 2.05) is 30.3 Å². The summed E-state index contributed by atoms with van der Waals surface area (Å²) in [5, 5.41) is 6.71. The summed E-state index contributed by atoms with van der Waals surface area (Å²) in [5.41, 5.74) is 2.56. The molecule has 3 heterocycles. The molecule has 3 aromatic carbocycles. The normalized spacial score (nSPS) is 25.4. The predicted octanol–water partition coefficient (Wildman–Crippen LogP) is 6.53. The number of hydrogen-bond donors (Lipinski definition) is 3. The van der Waals surface area contributed by atoms with Crippen LogP contribution in [0, 0.1) is 11.7 Å². The molecule has 10 nitrogen and oxygen atoms in total. The van der Waals surface area contributed by atoms with E-state index in [2.05, 4.69) is 43.1 Å². The van der Waals surface area contributed by atoms with Gasteiger partial charge in [0, 0.05) is 22.5 Å². The molecule has 13 heteroatoms. The maximum absolute atomic E-state index is 14.4. The lowest BCUT2D eigenvalue weighted by Gasteiger charge is -2.30. The number of benzene rings is 3. The lowest BCUT2D eigenvalue weighted by molar-refractivity contribution is -0.141. The van der Waals surface area contributed by atoms with Crippen LogP contribution >= 0.6 is 27.3 Å². The lowest BCUT2D eigenvalue weighted by Crippen LogP contribution is -2.57. The van der Waals surface area contributed by atoms with Crippen molar-refractivity contribution in [2.45, 2.75) is 68.7 Å². The third-order valence-electron chi connectivity index (χ3n) is 9.41. The molecule has 0 bridgehead atoms. The highest BCUT2D eigenvalue weighted by Crippen LogP contribution is 2.45. The van der Waals surface area contributed by atoms with Gasteiger partial charge in [-0.1, -0.05) is 76.5 Å². The molecule has 3 amide bonds. The molecule has 1 aromatic heterocycles. The van der Waals surface area contributed by atoms with Crippen molar-refractivity contribution in [1.29, 1.82) is 0 Å². The number of halogens is 2. The Kier molecular flexibility index (Phi) is 10.0. The number of thiazole rings is 1. The van der Waals surface area contributed by atoms with Gasteiger partial charge in [-0.05, 0) is 74.2 Å². The van der Waals surface area contributed by atoms with Gasteiger partial charge in [-0.25, -0.2) is 9.37 Å². The zero-order chi connectivity index (χ0) is 34.7. The van der Waals surface area contributed by atoms with E-state index in [1.165, 1.54) is 23.5 Å². The Bertz CT molecular complexity index is 1910. The fourth-order valence-corrected chi connectivity index (χ4v) is 8.13. The van der Waals surface area contributed by atoms with Crippen LogP contribution in [0.5, 0.6) is 10.9 Å². The maximum Gasteiger partial charge on any atom is 0.278 e. The van der Waals surface area contributed by atoms with E-state index < -0.39 is 41.4 Å². The molecule has 3 N–H and O–H groups in total. The molecule has 1 saturated carbocycles. The molecule has 50 heavy (non-hydrogen) atoms. The first-order valence-electron chi connectivity index (χ1n) is 16.8. The van der Waals surface area contributed by atoms with Crippen LogP contribution in [0.25, 0.3) is 10.2 Å². The number of para-hydroxylation sites is 1. The number of carbonyl (C=O) groups is 3. The van der Waals surface area contributed by atoms with Gasteiger partial charge in [0.25, 0.3) is 11.1 Å². The summed E-state index contributed by atoms with van der Waals surface area (Å²) in [6.45, 7) is 0.136. The van der Waals surface area contributed by atoms with E-state index in [-0.39, 0.29) is 24.8 Å². The maximum atomic E-state index is 14.4. The van der Waals surface area contributed by atoms with Crippen LogP contribution in [-0.2, 0) is 14.4 Å². The van der Waals surface area contributed by atoms with Crippen LogP contribution in [0.1, 0.15) is 44.9 Å². The molecule has 0 unspecified atom stereocenters. The molecule has 2 aliphatic heterocycles. The largest absolute Gasteiger partial charge is 0.465 e. The molecule has 7 rings (SSSR count). The predicted molar refractivity (Wildman–Crippen MR) is 192 cm³/mol. The minimum Gasteiger partial charge on any atom is -0.465 e. The van der Waals surface area contributed by atoms with Crippen LogP contribution in [0.15, 0.2) is 89.4 Å². The lowest BCUT2D eigenvalue weighted by atomic mass is 10.0. The second kappa shape index (κ2) is 14.8. The quantitative estimate of drug-likeness (QED) is 0.145. The average Bonchev–Trinajstić information content (AvgIpc) is 3.40. The summed E-state index contributed by atoms with van der Waals surface area (Å²) >= 11 is 4.88. The second-order valence-corrected chi connectivity index (χ2v) is 14.9. The number of fused-ring (bicyclic) bond motifs is 3. The second-order valence-electron chi connectivity index (χ2n) is 13.0. The number of aromatic nitrogens is 1. The minimum atomic E-state index is -1.24. The molecular formula is C37H37BrFN5O5S. The van der Waals surface area contributed by atoms with Crippen molar-refractivity contribution < 1.29 is 28.3 Å². The smallest absolute Gasteiger partial charge is 0.278 e. The Morgan fingerprint density at radius 2 is 1.92 bits per heavy atom. The number of rotatable bonds is 7. The van der Waals surface area contributed by atoms with Crippen molar-refractivity contribution in [3.8, 4) is 10.9 Å². The van der Waals surface area contributed by atoms with Crippen molar-refractivity contribution in [3.63, 3.8) is 0 Å². The van der Waals surface area contributed by atoms with Crippen molar-refractivity contribution in [3.05, 3.63) is 95.2 Å². The van der Waals surface area contributed by atoms with Gasteiger partial charge in [-0.15, -0.1) is 0 Å². The van der Waals surface area contributed by atoms with Gasteiger partial charge in [0.05, 0.1) is 16.8 Å². The van der Waals surface area contributed by atoms with E-state index in [0.717, 1.165) is 40.4 Å². The molecule has 2 fully saturated rings.